The number of nitrogens with two attached hydrogens (primary N) is 1. The Kier molecular flexibility index (Phi) is 2.64. The molecule has 4 nitrogen and oxygen atoms in total. The van der Waals surface area contributed by atoms with E-state index in [0.717, 1.165) is 34.3 Å². The smallest absolute Gasteiger partial charge is 0.228 e. The van der Waals surface area contributed by atoms with Crippen LogP contribution in [0.5, 0.6) is 0 Å². The topological polar surface area (TPSA) is 67.8 Å². The lowest BCUT2D eigenvalue weighted by Gasteiger charge is -1.93. The van der Waals surface area contributed by atoms with Crippen LogP contribution in [-0.2, 0) is 6.42 Å². The van der Waals surface area contributed by atoms with E-state index in [0.29, 0.717) is 12.4 Å². The number of nitrogens with zero attached hydrogens (tertiary/aromatic N) is 1. The molecule has 2 aromatic heterocycles. The van der Waals surface area contributed by atoms with Gasteiger partial charge in [-0.05, 0) is 19.5 Å². The van der Waals surface area contributed by atoms with Gasteiger partial charge in [-0.3, -0.25) is 0 Å². The van der Waals surface area contributed by atoms with Gasteiger partial charge in [0.2, 0.25) is 5.89 Å². The van der Waals surface area contributed by atoms with Gasteiger partial charge in [-0.15, -0.1) is 0 Å². The minimum Gasteiger partial charge on any atom is -0.441 e. The van der Waals surface area contributed by atoms with E-state index in [-0.39, 0.29) is 0 Å². The second-order valence-corrected chi connectivity index (χ2v) is 4.31. The molecule has 3 N–H and O–H groups in total. The molecule has 0 aliphatic rings. The fraction of sp³-hybridized carbons (Fsp3) is 0.214. The van der Waals surface area contributed by atoms with E-state index in [4.69, 9.17) is 10.2 Å². The van der Waals surface area contributed by atoms with Crippen LogP contribution in [0.2, 0.25) is 0 Å². The zero-order chi connectivity index (χ0) is 12.5. The van der Waals surface area contributed by atoms with E-state index in [1.165, 1.54) is 0 Å². The molecule has 0 aliphatic heterocycles. The molecule has 0 fully saturated rings. The lowest BCUT2D eigenvalue weighted by molar-refractivity contribution is 0.517. The van der Waals surface area contributed by atoms with E-state index < -0.39 is 0 Å². The van der Waals surface area contributed by atoms with Gasteiger partial charge in [0, 0.05) is 23.5 Å². The summed E-state index contributed by atoms with van der Waals surface area (Å²) in [6.45, 7) is 2.52. The molecule has 0 radical (unpaired) electrons. The van der Waals surface area contributed by atoms with Crippen LogP contribution in [0, 0.1) is 6.92 Å². The molecule has 0 saturated heterocycles. The van der Waals surface area contributed by atoms with Gasteiger partial charge in [0.25, 0.3) is 0 Å². The maximum Gasteiger partial charge on any atom is 0.228 e. The molecule has 0 bridgehead atoms. The molecule has 0 unspecified atom stereocenters. The fourth-order valence-corrected chi connectivity index (χ4v) is 2.15. The van der Waals surface area contributed by atoms with E-state index in [2.05, 4.69) is 16.0 Å². The van der Waals surface area contributed by atoms with Gasteiger partial charge in [0.1, 0.15) is 5.76 Å². The highest BCUT2D eigenvalue weighted by molar-refractivity contribution is 5.93. The molecular weight excluding hydrogens is 226 g/mol. The molecular formula is C14H15N3O. The monoisotopic (exact) mass is 241 g/mol. The number of hydrogen-bond donors (Lipinski definition) is 2. The van der Waals surface area contributed by atoms with Crippen molar-refractivity contribution >= 4 is 10.9 Å². The Balaban J connectivity index is 2.11. The van der Waals surface area contributed by atoms with Crippen LogP contribution in [-0.4, -0.2) is 16.5 Å². The number of para-hydroxylation sites is 1. The average Bonchev–Trinajstić information content (AvgIpc) is 2.94. The van der Waals surface area contributed by atoms with Crippen molar-refractivity contribution in [1.29, 1.82) is 0 Å². The van der Waals surface area contributed by atoms with Crippen molar-refractivity contribution in [3.05, 3.63) is 41.9 Å². The number of benzene rings is 1. The van der Waals surface area contributed by atoms with Crippen LogP contribution in [0.15, 0.2) is 34.9 Å². The molecule has 92 valence electrons. The quantitative estimate of drug-likeness (QED) is 0.740. The first-order valence-electron chi connectivity index (χ1n) is 6.02. The molecule has 0 spiro atoms. The second kappa shape index (κ2) is 4.31. The third-order valence-electron chi connectivity index (χ3n) is 3.08. The van der Waals surface area contributed by atoms with Crippen molar-refractivity contribution < 1.29 is 4.42 Å². The first kappa shape index (κ1) is 11.0. The number of fused-ring (bicyclic) bond motifs is 1. The number of rotatable bonds is 3. The van der Waals surface area contributed by atoms with Crippen molar-refractivity contribution in [1.82, 2.24) is 9.97 Å². The number of oxazole rings is 1. The third-order valence-corrected chi connectivity index (χ3v) is 3.08. The molecule has 0 atom stereocenters. The van der Waals surface area contributed by atoms with Crippen LogP contribution >= 0.6 is 0 Å². The van der Waals surface area contributed by atoms with Crippen LogP contribution in [0.25, 0.3) is 22.4 Å². The Morgan fingerprint density at radius 2 is 2.17 bits per heavy atom. The average molecular weight is 241 g/mol. The van der Waals surface area contributed by atoms with Gasteiger partial charge in [0.05, 0.1) is 11.3 Å². The number of hydrogen-bond acceptors (Lipinski definition) is 3. The Labute approximate surface area is 105 Å². The number of aromatic nitrogens is 2. The van der Waals surface area contributed by atoms with Crippen LogP contribution in [0.3, 0.4) is 0 Å². The Morgan fingerprint density at radius 3 is 3.00 bits per heavy atom. The molecule has 18 heavy (non-hydrogen) atoms. The number of H-pyrrole nitrogens is 1. The van der Waals surface area contributed by atoms with Gasteiger partial charge in [-0.1, -0.05) is 18.2 Å². The standard InChI is InChI=1S/C14H15N3O/c1-9-13(6-7-15)18-14(17-9)11-8-16-12-5-3-2-4-10(11)12/h2-5,8,16H,6-7,15H2,1H3. The molecule has 4 heteroatoms. The second-order valence-electron chi connectivity index (χ2n) is 4.31. The van der Waals surface area contributed by atoms with E-state index in [1.54, 1.807) is 0 Å². The van der Waals surface area contributed by atoms with Gasteiger partial charge in [-0.25, -0.2) is 4.98 Å². The Morgan fingerprint density at radius 1 is 1.33 bits per heavy atom. The highest BCUT2D eigenvalue weighted by Crippen LogP contribution is 2.29. The summed E-state index contributed by atoms with van der Waals surface area (Å²) in [6.07, 6.45) is 2.66. The van der Waals surface area contributed by atoms with Crippen LogP contribution < -0.4 is 5.73 Å². The summed E-state index contributed by atoms with van der Waals surface area (Å²) >= 11 is 0. The first-order chi connectivity index (χ1) is 8.79. The lowest BCUT2D eigenvalue weighted by atomic mass is 10.2. The van der Waals surface area contributed by atoms with Crippen molar-refractivity contribution in [2.24, 2.45) is 5.73 Å². The minimum absolute atomic E-state index is 0.573. The Hall–Kier alpha value is -2.07. The SMILES string of the molecule is Cc1nc(-c2c[nH]c3ccccc23)oc1CCN. The van der Waals surface area contributed by atoms with Crippen LogP contribution in [0.1, 0.15) is 11.5 Å². The maximum atomic E-state index is 5.80. The zero-order valence-corrected chi connectivity index (χ0v) is 10.2. The summed E-state index contributed by atoms with van der Waals surface area (Å²) in [7, 11) is 0. The van der Waals surface area contributed by atoms with Gasteiger partial charge >= 0.3 is 0 Å². The molecule has 0 aliphatic carbocycles. The third kappa shape index (κ3) is 1.71. The number of aromatic amines is 1. The summed E-state index contributed by atoms with van der Waals surface area (Å²) in [4.78, 5) is 7.70. The van der Waals surface area contributed by atoms with E-state index in [1.807, 2.05) is 31.3 Å². The normalized spacial score (nSPS) is 11.2. The molecule has 2 heterocycles. The zero-order valence-electron chi connectivity index (χ0n) is 10.2. The molecule has 0 amide bonds. The summed E-state index contributed by atoms with van der Waals surface area (Å²) in [5.74, 6) is 1.53. The largest absolute Gasteiger partial charge is 0.441 e. The van der Waals surface area contributed by atoms with Crippen molar-refractivity contribution in [3.8, 4) is 11.5 Å². The predicted octanol–water partition coefficient (Wildman–Crippen LogP) is 2.63. The summed E-state index contributed by atoms with van der Waals surface area (Å²) in [6, 6.07) is 8.11. The summed E-state index contributed by atoms with van der Waals surface area (Å²) in [5, 5.41) is 1.12. The van der Waals surface area contributed by atoms with Crippen molar-refractivity contribution in [2.75, 3.05) is 6.54 Å². The lowest BCUT2D eigenvalue weighted by Crippen LogP contribution is -2.02. The van der Waals surface area contributed by atoms with Crippen molar-refractivity contribution in [2.45, 2.75) is 13.3 Å². The fourth-order valence-electron chi connectivity index (χ4n) is 2.15. The van der Waals surface area contributed by atoms with Gasteiger partial charge in [-0.2, -0.15) is 0 Å². The molecule has 3 rings (SSSR count). The van der Waals surface area contributed by atoms with E-state index >= 15 is 0 Å². The maximum absolute atomic E-state index is 5.80. The Bertz CT molecular complexity index is 681. The first-order valence-corrected chi connectivity index (χ1v) is 6.02. The molecule has 0 saturated carbocycles. The van der Waals surface area contributed by atoms with Crippen molar-refractivity contribution in [3.63, 3.8) is 0 Å². The summed E-state index contributed by atoms with van der Waals surface area (Å²) in [5.41, 5.74) is 8.56. The van der Waals surface area contributed by atoms with E-state index in [9.17, 15) is 0 Å². The summed E-state index contributed by atoms with van der Waals surface area (Å²) < 4.78 is 5.80. The molecule has 3 aromatic rings. The van der Waals surface area contributed by atoms with Gasteiger partial charge < -0.3 is 15.1 Å². The highest BCUT2D eigenvalue weighted by Gasteiger charge is 2.14. The van der Waals surface area contributed by atoms with Crippen LogP contribution in [0.4, 0.5) is 0 Å². The highest BCUT2D eigenvalue weighted by atomic mass is 16.4. The molecule has 1 aromatic carbocycles. The number of aryl methyl sites for hydroxylation is 1. The number of nitrogens with one attached hydrogen (secondary N) is 1. The predicted molar refractivity (Wildman–Crippen MR) is 71.3 cm³/mol. The minimum atomic E-state index is 0.573. The van der Waals surface area contributed by atoms with Gasteiger partial charge in [0.15, 0.2) is 0 Å².